The van der Waals surface area contributed by atoms with Crippen LogP contribution in [0.1, 0.15) is 69.3 Å². The van der Waals surface area contributed by atoms with Gasteiger partial charge in [0, 0.05) is 18.0 Å². The third-order valence-corrected chi connectivity index (χ3v) is 7.10. The van der Waals surface area contributed by atoms with Gasteiger partial charge in [-0.3, -0.25) is 14.6 Å². The fourth-order valence-corrected chi connectivity index (χ4v) is 5.02. The van der Waals surface area contributed by atoms with E-state index in [4.69, 9.17) is 9.57 Å². The topological polar surface area (TPSA) is 142 Å². The summed E-state index contributed by atoms with van der Waals surface area (Å²) < 4.78 is 6.12. The number of ether oxygens (including phenoxy) is 1. The van der Waals surface area contributed by atoms with Crippen LogP contribution >= 0.6 is 0 Å². The van der Waals surface area contributed by atoms with Crippen molar-refractivity contribution in [3.05, 3.63) is 42.2 Å². The van der Waals surface area contributed by atoms with Crippen molar-refractivity contribution in [3.8, 4) is 0 Å². The molecule has 1 aliphatic heterocycles. The highest BCUT2D eigenvalue weighted by atomic mass is 16.7. The van der Waals surface area contributed by atoms with Crippen LogP contribution in [-0.2, 0) is 14.4 Å². The van der Waals surface area contributed by atoms with Gasteiger partial charge in [-0.15, -0.1) is 0 Å². The molecule has 0 bridgehead atoms. The average Bonchev–Trinajstić information content (AvgIpc) is 3.35. The lowest BCUT2D eigenvalue weighted by molar-refractivity contribution is -0.157. The number of hydrogen-bond acceptors (Lipinski definition) is 8. The summed E-state index contributed by atoms with van der Waals surface area (Å²) in [4.78, 5) is 36.4. The van der Waals surface area contributed by atoms with Crippen molar-refractivity contribution < 1.29 is 29.2 Å². The van der Waals surface area contributed by atoms with Crippen molar-refractivity contribution in [2.45, 2.75) is 76.4 Å². The van der Waals surface area contributed by atoms with E-state index in [0.717, 1.165) is 36.5 Å². The highest BCUT2D eigenvalue weighted by molar-refractivity contribution is 6.43. The predicted molar refractivity (Wildman–Crippen MR) is 144 cm³/mol. The van der Waals surface area contributed by atoms with Crippen LogP contribution < -0.4 is 10.6 Å². The third-order valence-electron chi connectivity index (χ3n) is 7.10. The Kier molecular flexibility index (Phi) is 9.35. The Hall–Kier alpha value is -3.02. The number of rotatable bonds is 11. The van der Waals surface area contributed by atoms with Gasteiger partial charge in [-0.05, 0) is 36.6 Å². The standard InChI is InChI=1S/C27H37BN4O6/c1-18(2)14-23(28(35)36)31-26(34)27(17-37-21-9-4-3-5-10-21)15-20(32-38-27)16-30-25(33)24-22-11-7-6-8-19(22)12-13-29-24/h6-8,11-13,18,21,23,35-36H,3-5,9-10,14-17H2,1-2H3,(H,30,33)(H,31,34). The van der Waals surface area contributed by atoms with E-state index < -0.39 is 24.6 Å². The molecule has 10 nitrogen and oxygen atoms in total. The monoisotopic (exact) mass is 524 g/mol. The number of carbonyl (C=O) groups excluding carboxylic acids is 2. The first-order chi connectivity index (χ1) is 18.3. The van der Waals surface area contributed by atoms with E-state index in [2.05, 4.69) is 20.8 Å². The number of pyridine rings is 1. The molecular formula is C27H37BN4O6. The first-order valence-electron chi connectivity index (χ1n) is 13.4. The number of oxime groups is 1. The summed E-state index contributed by atoms with van der Waals surface area (Å²) in [5.41, 5.74) is -0.675. The van der Waals surface area contributed by atoms with Crippen molar-refractivity contribution in [2.75, 3.05) is 13.2 Å². The average molecular weight is 524 g/mol. The van der Waals surface area contributed by atoms with Gasteiger partial charge < -0.3 is 30.3 Å². The second-order valence-corrected chi connectivity index (χ2v) is 10.7. The molecular weight excluding hydrogens is 487 g/mol. The molecule has 204 valence electrons. The largest absolute Gasteiger partial charge is 0.475 e. The molecule has 4 rings (SSSR count). The van der Waals surface area contributed by atoms with Gasteiger partial charge in [0.25, 0.3) is 11.8 Å². The Balaban J connectivity index is 1.43. The van der Waals surface area contributed by atoms with Gasteiger partial charge in [0.05, 0.1) is 30.9 Å². The van der Waals surface area contributed by atoms with E-state index in [1.807, 2.05) is 44.2 Å². The molecule has 11 heteroatoms. The summed E-state index contributed by atoms with van der Waals surface area (Å²) >= 11 is 0. The molecule has 2 unspecified atom stereocenters. The lowest BCUT2D eigenvalue weighted by Crippen LogP contribution is -2.57. The maximum atomic E-state index is 13.5. The molecule has 1 saturated carbocycles. The molecule has 2 aliphatic rings. The Bertz CT molecular complexity index is 1150. The molecule has 1 aromatic carbocycles. The quantitative estimate of drug-likeness (QED) is 0.331. The van der Waals surface area contributed by atoms with Crippen molar-refractivity contribution in [3.63, 3.8) is 0 Å². The fourth-order valence-electron chi connectivity index (χ4n) is 5.02. The van der Waals surface area contributed by atoms with E-state index in [9.17, 15) is 19.6 Å². The Morgan fingerprint density at radius 2 is 1.95 bits per heavy atom. The fraction of sp³-hybridized carbons (Fsp3) is 0.556. The van der Waals surface area contributed by atoms with Crippen LogP contribution in [0.4, 0.5) is 0 Å². The number of carbonyl (C=O) groups is 2. The number of fused-ring (bicyclic) bond motifs is 1. The van der Waals surface area contributed by atoms with Gasteiger partial charge in [0.15, 0.2) is 0 Å². The molecule has 1 aliphatic carbocycles. The summed E-state index contributed by atoms with van der Waals surface area (Å²) in [6.07, 6.45) is 7.28. The minimum atomic E-state index is -1.72. The second kappa shape index (κ2) is 12.7. The highest BCUT2D eigenvalue weighted by Gasteiger charge is 2.49. The number of nitrogens with one attached hydrogen (secondary N) is 2. The van der Waals surface area contributed by atoms with Crippen LogP contribution in [0.2, 0.25) is 0 Å². The molecule has 2 heterocycles. The zero-order chi connectivity index (χ0) is 27.1. The van der Waals surface area contributed by atoms with Gasteiger partial charge in [-0.25, -0.2) is 0 Å². The molecule has 2 amide bonds. The normalized spacial score (nSPS) is 20.6. The molecule has 2 aromatic rings. The molecule has 2 atom stereocenters. The van der Waals surface area contributed by atoms with Crippen molar-refractivity contribution >= 4 is 35.4 Å². The summed E-state index contributed by atoms with van der Waals surface area (Å²) in [6.45, 7) is 3.92. The Morgan fingerprint density at radius 3 is 2.68 bits per heavy atom. The Labute approximate surface area is 223 Å². The van der Waals surface area contributed by atoms with Gasteiger partial charge in [-0.1, -0.05) is 62.5 Å². The summed E-state index contributed by atoms with van der Waals surface area (Å²) in [5, 5.41) is 31.0. The third kappa shape index (κ3) is 6.89. The SMILES string of the molecule is CC(C)CC(NC(=O)C1(COC2CCCCC2)CC(CNC(=O)c2nccc3ccccc23)=NO1)B(O)O. The maximum absolute atomic E-state index is 13.5. The smallest absolute Gasteiger partial charge is 0.426 e. The molecule has 0 saturated heterocycles. The zero-order valence-electron chi connectivity index (χ0n) is 22.1. The predicted octanol–water partition coefficient (Wildman–Crippen LogP) is 2.37. The summed E-state index contributed by atoms with van der Waals surface area (Å²) in [7, 11) is -1.72. The summed E-state index contributed by atoms with van der Waals surface area (Å²) in [5.74, 6) is -1.61. The highest BCUT2D eigenvalue weighted by Crippen LogP contribution is 2.29. The molecule has 0 radical (unpaired) electrons. The zero-order valence-corrected chi connectivity index (χ0v) is 22.1. The summed E-state index contributed by atoms with van der Waals surface area (Å²) in [6, 6.07) is 9.35. The van der Waals surface area contributed by atoms with Crippen LogP contribution in [0.5, 0.6) is 0 Å². The Morgan fingerprint density at radius 1 is 1.18 bits per heavy atom. The number of aromatic nitrogens is 1. The second-order valence-electron chi connectivity index (χ2n) is 10.7. The number of benzene rings is 1. The number of amides is 2. The van der Waals surface area contributed by atoms with E-state index in [-0.39, 0.29) is 37.5 Å². The number of hydrogen-bond donors (Lipinski definition) is 4. The first kappa shape index (κ1) is 28.0. The van der Waals surface area contributed by atoms with E-state index in [0.29, 0.717) is 17.8 Å². The van der Waals surface area contributed by atoms with Gasteiger partial charge >= 0.3 is 7.12 Å². The van der Waals surface area contributed by atoms with Gasteiger partial charge in [0.2, 0.25) is 5.60 Å². The van der Waals surface area contributed by atoms with E-state index in [1.54, 1.807) is 6.20 Å². The van der Waals surface area contributed by atoms with Crippen molar-refractivity contribution in [1.29, 1.82) is 0 Å². The molecule has 38 heavy (non-hydrogen) atoms. The maximum Gasteiger partial charge on any atom is 0.475 e. The lowest BCUT2D eigenvalue weighted by Gasteiger charge is -2.31. The van der Waals surface area contributed by atoms with Crippen LogP contribution in [0.25, 0.3) is 10.8 Å². The first-order valence-corrected chi connectivity index (χ1v) is 13.4. The minimum Gasteiger partial charge on any atom is -0.426 e. The van der Waals surface area contributed by atoms with Crippen LogP contribution in [0, 0.1) is 5.92 Å². The number of nitrogens with zero attached hydrogens (tertiary/aromatic N) is 2. The van der Waals surface area contributed by atoms with Crippen LogP contribution in [-0.4, -0.2) is 70.5 Å². The molecule has 4 N–H and O–H groups in total. The van der Waals surface area contributed by atoms with Gasteiger partial charge in [0.1, 0.15) is 5.69 Å². The van der Waals surface area contributed by atoms with Gasteiger partial charge in [-0.2, -0.15) is 0 Å². The van der Waals surface area contributed by atoms with Crippen LogP contribution in [0.3, 0.4) is 0 Å². The molecule has 0 spiro atoms. The van der Waals surface area contributed by atoms with E-state index >= 15 is 0 Å². The van der Waals surface area contributed by atoms with Crippen molar-refractivity contribution in [1.82, 2.24) is 15.6 Å². The molecule has 1 aromatic heterocycles. The van der Waals surface area contributed by atoms with E-state index in [1.165, 1.54) is 6.42 Å². The van der Waals surface area contributed by atoms with Crippen LogP contribution in [0.15, 0.2) is 41.7 Å². The van der Waals surface area contributed by atoms with Crippen molar-refractivity contribution in [2.24, 2.45) is 11.1 Å². The minimum absolute atomic E-state index is 0.0226. The molecule has 1 fully saturated rings. The lowest BCUT2D eigenvalue weighted by atomic mass is 9.74.